The summed E-state index contributed by atoms with van der Waals surface area (Å²) in [6.07, 6.45) is 3.88. The number of nitrogens with zero attached hydrogens (tertiary/aromatic N) is 3. The maximum Gasteiger partial charge on any atom is 0.240 e. The van der Waals surface area contributed by atoms with Crippen LogP contribution in [0.4, 0.5) is 0 Å². The van der Waals surface area contributed by atoms with Crippen LogP contribution in [-0.4, -0.2) is 56.7 Å². The molecule has 32 heavy (non-hydrogen) atoms. The molecule has 1 aliphatic heterocycles. The van der Waals surface area contributed by atoms with E-state index in [4.69, 9.17) is 9.73 Å². The van der Waals surface area contributed by atoms with Crippen LogP contribution in [-0.2, 0) is 34.9 Å². The summed E-state index contributed by atoms with van der Waals surface area (Å²) < 4.78 is 35.2. The van der Waals surface area contributed by atoms with Crippen molar-refractivity contribution in [3.8, 4) is 0 Å². The number of nitrogens with one attached hydrogen (secondary N) is 2. The summed E-state index contributed by atoms with van der Waals surface area (Å²) >= 11 is 0. The van der Waals surface area contributed by atoms with E-state index in [1.54, 1.807) is 12.1 Å². The first-order valence-electron chi connectivity index (χ1n) is 10.7. The lowest BCUT2D eigenvalue weighted by atomic mass is 10.2. The van der Waals surface area contributed by atoms with Crippen molar-refractivity contribution in [2.45, 2.75) is 43.9 Å². The minimum atomic E-state index is -3.54. The molecule has 0 saturated carbocycles. The smallest absolute Gasteiger partial charge is 0.240 e. The second kappa shape index (κ2) is 12.6. The van der Waals surface area contributed by atoms with Gasteiger partial charge >= 0.3 is 0 Å². The highest BCUT2D eigenvalue weighted by atomic mass is 127. The van der Waals surface area contributed by atoms with Gasteiger partial charge in [0.2, 0.25) is 10.0 Å². The standard InChI is InChI=1S/C22H33N5O3S.HI/c1-4-23-22(27(3)17-19-7-5-13-26(19)2)24-15-18-9-11-21(12-10-18)31(28,29)25-16-20-8-6-14-30-20;/h5,7,9-13,20,25H,4,6,8,14-17H2,1-3H3,(H,23,24);1H. The molecule has 1 aromatic carbocycles. The minimum Gasteiger partial charge on any atom is -0.377 e. The zero-order valence-corrected chi connectivity index (χ0v) is 22.1. The van der Waals surface area contributed by atoms with Crippen LogP contribution >= 0.6 is 24.0 Å². The van der Waals surface area contributed by atoms with Gasteiger partial charge in [-0.05, 0) is 49.6 Å². The summed E-state index contributed by atoms with van der Waals surface area (Å²) in [6.45, 7) is 5.02. The molecule has 1 aliphatic rings. The topological polar surface area (TPSA) is 88.0 Å². The van der Waals surface area contributed by atoms with Crippen molar-refractivity contribution < 1.29 is 13.2 Å². The number of guanidine groups is 1. The van der Waals surface area contributed by atoms with E-state index in [-0.39, 0.29) is 35.0 Å². The molecule has 0 bridgehead atoms. The van der Waals surface area contributed by atoms with Crippen molar-refractivity contribution >= 4 is 40.0 Å². The minimum absolute atomic E-state index is 0. The van der Waals surface area contributed by atoms with Gasteiger partial charge in [-0.1, -0.05) is 12.1 Å². The fourth-order valence-corrected chi connectivity index (χ4v) is 4.55. The average Bonchev–Trinajstić information content (AvgIpc) is 3.42. The monoisotopic (exact) mass is 575 g/mol. The number of halogens is 1. The van der Waals surface area contributed by atoms with Gasteiger partial charge in [-0.3, -0.25) is 0 Å². The average molecular weight is 576 g/mol. The molecule has 2 N–H and O–H groups in total. The first-order chi connectivity index (χ1) is 14.9. The number of hydrogen-bond donors (Lipinski definition) is 2. The number of aliphatic imine (C=N–C) groups is 1. The predicted molar refractivity (Wildman–Crippen MR) is 138 cm³/mol. The molecule has 178 valence electrons. The molecule has 2 aromatic rings. The van der Waals surface area contributed by atoms with E-state index in [1.165, 1.54) is 5.69 Å². The van der Waals surface area contributed by atoms with Crippen LogP contribution in [0, 0.1) is 0 Å². The molecule has 1 atom stereocenters. The number of aromatic nitrogens is 1. The molecular formula is C22H34IN5O3S. The van der Waals surface area contributed by atoms with E-state index in [1.807, 2.05) is 45.4 Å². The molecule has 2 heterocycles. The van der Waals surface area contributed by atoms with E-state index in [0.29, 0.717) is 19.7 Å². The van der Waals surface area contributed by atoms with Gasteiger partial charge in [0, 0.05) is 45.7 Å². The lowest BCUT2D eigenvalue weighted by molar-refractivity contribution is 0.114. The van der Waals surface area contributed by atoms with Crippen LogP contribution < -0.4 is 10.0 Å². The van der Waals surface area contributed by atoms with Crippen molar-refractivity contribution in [1.82, 2.24) is 19.5 Å². The van der Waals surface area contributed by atoms with Gasteiger partial charge in [-0.25, -0.2) is 18.1 Å². The van der Waals surface area contributed by atoms with E-state index in [0.717, 1.165) is 37.5 Å². The Hall–Kier alpha value is -1.63. The van der Waals surface area contributed by atoms with Crippen molar-refractivity contribution in [3.05, 3.63) is 53.9 Å². The number of rotatable bonds is 9. The fourth-order valence-electron chi connectivity index (χ4n) is 3.48. The number of sulfonamides is 1. The van der Waals surface area contributed by atoms with Gasteiger partial charge in [0.1, 0.15) is 0 Å². The molecular weight excluding hydrogens is 541 g/mol. The lowest BCUT2D eigenvalue weighted by Gasteiger charge is -2.22. The highest BCUT2D eigenvalue weighted by molar-refractivity contribution is 14.0. The molecule has 1 fully saturated rings. The fraction of sp³-hybridized carbons (Fsp3) is 0.500. The maximum absolute atomic E-state index is 12.5. The summed E-state index contributed by atoms with van der Waals surface area (Å²) in [5, 5.41) is 3.31. The zero-order chi connectivity index (χ0) is 22.3. The molecule has 10 heteroatoms. The third-order valence-electron chi connectivity index (χ3n) is 5.32. The largest absolute Gasteiger partial charge is 0.377 e. The second-order valence-corrected chi connectivity index (χ2v) is 9.53. The Kier molecular flexibility index (Phi) is 10.5. The molecule has 3 rings (SSSR count). The van der Waals surface area contributed by atoms with Gasteiger partial charge in [0.25, 0.3) is 0 Å². The van der Waals surface area contributed by atoms with Gasteiger partial charge in [-0.2, -0.15) is 0 Å². The Balaban J connectivity index is 0.00000363. The summed E-state index contributed by atoms with van der Waals surface area (Å²) in [7, 11) is 0.490. The first-order valence-corrected chi connectivity index (χ1v) is 12.2. The predicted octanol–water partition coefficient (Wildman–Crippen LogP) is 2.70. The molecule has 1 aromatic heterocycles. The van der Waals surface area contributed by atoms with Crippen molar-refractivity contribution in [2.24, 2.45) is 12.0 Å². The molecule has 1 saturated heterocycles. The maximum atomic E-state index is 12.5. The van der Waals surface area contributed by atoms with E-state index >= 15 is 0 Å². The molecule has 0 radical (unpaired) electrons. The summed E-state index contributed by atoms with van der Waals surface area (Å²) in [6, 6.07) is 11.0. The van der Waals surface area contributed by atoms with Crippen LogP contribution in [0.5, 0.6) is 0 Å². The van der Waals surface area contributed by atoms with Crippen molar-refractivity contribution in [3.63, 3.8) is 0 Å². The highest BCUT2D eigenvalue weighted by Crippen LogP contribution is 2.14. The van der Waals surface area contributed by atoms with Crippen LogP contribution in [0.25, 0.3) is 0 Å². The molecule has 1 unspecified atom stereocenters. The van der Waals surface area contributed by atoms with Crippen LogP contribution in [0.1, 0.15) is 31.0 Å². The van der Waals surface area contributed by atoms with Gasteiger partial charge < -0.3 is 19.5 Å². The van der Waals surface area contributed by atoms with Gasteiger partial charge in [0.05, 0.1) is 24.1 Å². The molecule has 0 amide bonds. The number of benzene rings is 1. The van der Waals surface area contributed by atoms with Crippen LogP contribution in [0.2, 0.25) is 0 Å². The SMILES string of the molecule is CCNC(=NCc1ccc(S(=O)(=O)NCC2CCCO2)cc1)N(C)Cc1cccn1C.I. The Morgan fingerprint density at radius 3 is 2.62 bits per heavy atom. The van der Waals surface area contributed by atoms with E-state index in [2.05, 4.69) is 25.6 Å². The normalized spacial score (nSPS) is 16.6. The Morgan fingerprint density at radius 2 is 2.03 bits per heavy atom. The molecule has 8 nitrogen and oxygen atoms in total. The number of ether oxygens (including phenoxy) is 1. The quantitative estimate of drug-likeness (QED) is 0.273. The summed E-state index contributed by atoms with van der Waals surface area (Å²) in [5.74, 6) is 0.804. The third kappa shape index (κ3) is 7.46. The molecule has 0 spiro atoms. The van der Waals surface area contributed by atoms with Gasteiger partial charge in [0.15, 0.2) is 5.96 Å². The second-order valence-electron chi connectivity index (χ2n) is 7.77. The van der Waals surface area contributed by atoms with Crippen LogP contribution in [0.3, 0.4) is 0 Å². The van der Waals surface area contributed by atoms with E-state index in [9.17, 15) is 8.42 Å². The first kappa shape index (κ1) is 26.6. The number of aryl methyl sites for hydroxylation is 1. The summed E-state index contributed by atoms with van der Waals surface area (Å²) in [5.41, 5.74) is 2.14. The van der Waals surface area contributed by atoms with Crippen molar-refractivity contribution in [2.75, 3.05) is 26.7 Å². The lowest BCUT2D eigenvalue weighted by Crippen LogP contribution is -2.38. The molecule has 0 aliphatic carbocycles. The Morgan fingerprint density at radius 1 is 1.28 bits per heavy atom. The van der Waals surface area contributed by atoms with Crippen LogP contribution in [0.15, 0.2) is 52.5 Å². The highest BCUT2D eigenvalue weighted by Gasteiger charge is 2.20. The van der Waals surface area contributed by atoms with E-state index < -0.39 is 10.0 Å². The Labute approximate surface area is 208 Å². The van der Waals surface area contributed by atoms with Gasteiger partial charge in [-0.15, -0.1) is 24.0 Å². The summed E-state index contributed by atoms with van der Waals surface area (Å²) in [4.78, 5) is 7.05. The third-order valence-corrected chi connectivity index (χ3v) is 6.76. The Bertz CT molecular complexity index is 970. The number of hydrogen-bond acceptors (Lipinski definition) is 4. The van der Waals surface area contributed by atoms with Crippen molar-refractivity contribution in [1.29, 1.82) is 0 Å². The zero-order valence-electron chi connectivity index (χ0n) is 19.0.